The first-order valence-corrected chi connectivity index (χ1v) is 5.76. The molecule has 1 heterocycles. The largest absolute Gasteiger partial charge is 0.471 e. The first-order valence-electron chi connectivity index (χ1n) is 5.76. The number of aromatic nitrogens is 2. The van der Waals surface area contributed by atoms with Crippen LogP contribution in [0.5, 0.6) is 5.88 Å². The third-order valence-electron chi connectivity index (χ3n) is 2.31. The van der Waals surface area contributed by atoms with E-state index in [1.807, 2.05) is 13.8 Å². The average Bonchev–Trinajstić information content (AvgIpc) is 2.51. The number of nitro groups is 1. The summed E-state index contributed by atoms with van der Waals surface area (Å²) in [5, 5.41) is 15.3. The van der Waals surface area contributed by atoms with E-state index in [2.05, 4.69) is 5.10 Å². The van der Waals surface area contributed by atoms with Crippen molar-refractivity contribution in [3.05, 3.63) is 15.8 Å². The van der Waals surface area contributed by atoms with Gasteiger partial charge in [0.1, 0.15) is 12.3 Å². The van der Waals surface area contributed by atoms with Crippen LogP contribution in [0.2, 0.25) is 0 Å². The Morgan fingerprint density at radius 2 is 2.11 bits per heavy atom. The Labute approximate surface area is 106 Å². The number of rotatable bonds is 5. The molecular formula is C11H20N4O3. The van der Waals surface area contributed by atoms with Gasteiger partial charge in [0, 0.05) is 18.5 Å². The fourth-order valence-electron chi connectivity index (χ4n) is 1.49. The molecule has 0 aliphatic rings. The SMILES string of the molecule is CC(C)c1nn(C)c(OCC(C)(C)N)c1[N+](=O)[O-]. The molecule has 0 saturated heterocycles. The summed E-state index contributed by atoms with van der Waals surface area (Å²) < 4.78 is 6.85. The van der Waals surface area contributed by atoms with E-state index in [1.54, 1.807) is 20.9 Å². The molecule has 0 fully saturated rings. The third kappa shape index (κ3) is 3.19. The van der Waals surface area contributed by atoms with Crippen LogP contribution in [0.4, 0.5) is 5.69 Å². The van der Waals surface area contributed by atoms with E-state index >= 15 is 0 Å². The van der Waals surface area contributed by atoms with Gasteiger partial charge < -0.3 is 10.5 Å². The maximum atomic E-state index is 11.1. The fourth-order valence-corrected chi connectivity index (χ4v) is 1.49. The Bertz CT molecular complexity index is 446. The summed E-state index contributed by atoms with van der Waals surface area (Å²) >= 11 is 0. The van der Waals surface area contributed by atoms with E-state index in [0.29, 0.717) is 5.69 Å². The van der Waals surface area contributed by atoms with E-state index in [-0.39, 0.29) is 24.1 Å². The van der Waals surface area contributed by atoms with E-state index in [4.69, 9.17) is 10.5 Å². The molecule has 7 nitrogen and oxygen atoms in total. The lowest BCUT2D eigenvalue weighted by molar-refractivity contribution is -0.386. The highest BCUT2D eigenvalue weighted by Crippen LogP contribution is 2.34. The topological polar surface area (TPSA) is 96.2 Å². The second kappa shape index (κ2) is 4.93. The normalized spacial score (nSPS) is 11.9. The molecule has 2 N–H and O–H groups in total. The maximum absolute atomic E-state index is 11.1. The summed E-state index contributed by atoms with van der Waals surface area (Å²) in [7, 11) is 1.62. The van der Waals surface area contributed by atoms with Crippen LogP contribution in [0, 0.1) is 10.1 Å². The average molecular weight is 256 g/mol. The molecular weight excluding hydrogens is 236 g/mol. The molecule has 0 spiro atoms. The number of nitrogens with zero attached hydrogens (tertiary/aromatic N) is 3. The molecule has 1 aromatic rings. The van der Waals surface area contributed by atoms with Crippen LogP contribution in [-0.4, -0.2) is 26.8 Å². The zero-order valence-electron chi connectivity index (χ0n) is 11.4. The highest BCUT2D eigenvalue weighted by atomic mass is 16.6. The Morgan fingerprint density at radius 1 is 1.56 bits per heavy atom. The first kappa shape index (κ1) is 14.4. The number of ether oxygens (including phenoxy) is 1. The van der Waals surface area contributed by atoms with Crippen LogP contribution in [0.25, 0.3) is 0 Å². The molecule has 0 radical (unpaired) electrons. The molecule has 0 amide bonds. The molecule has 102 valence electrons. The lowest BCUT2D eigenvalue weighted by Crippen LogP contribution is -2.39. The van der Waals surface area contributed by atoms with Crippen molar-refractivity contribution >= 4 is 5.69 Å². The van der Waals surface area contributed by atoms with Crippen molar-refractivity contribution in [3.8, 4) is 5.88 Å². The summed E-state index contributed by atoms with van der Waals surface area (Å²) in [6.07, 6.45) is 0. The number of hydrogen-bond acceptors (Lipinski definition) is 5. The predicted octanol–water partition coefficient (Wildman–Crippen LogP) is 1.57. The molecule has 1 rings (SSSR count). The third-order valence-corrected chi connectivity index (χ3v) is 2.31. The summed E-state index contributed by atoms with van der Waals surface area (Å²) in [4.78, 5) is 10.7. The highest BCUT2D eigenvalue weighted by molar-refractivity contribution is 5.47. The summed E-state index contributed by atoms with van der Waals surface area (Å²) in [5.41, 5.74) is 5.59. The molecule has 0 aromatic carbocycles. The Balaban J connectivity index is 3.14. The standard InChI is InChI=1S/C11H20N4O3/c1-7(2)8-9(15(16)17)10(14(5)13-8)18-6-11(3,4)12/h7H,6,12H2,1-5H3. The number of hydrogen-bond donors (Lipinski definition) is 1. The molecule has 0 aliphatic carbocycles. The van der Waals surface area contributed by atoms with Gasteiger partial charge in [-0.3, -0.25) is 10.1 Å². The summed E-state index contributed by atoms with van der Waals surface area (Å²) in [6, 6.07) is 0. The van der Waals surface area contributed by atoms with Gasteiger partial charge in [0.15, 0.2) is 0 Å². The highest BCUT2D eigenvalue weighted by Gasteiger charge is 2.30. The molecule has 0 atom stereocenters. The van der Waals surface area contributed by atoms with E-state index in [9.17, 15) is 10.1 Å². The van der Waals surface area contributed by atoms with Gasteiger partial charge >= 0.3 is 5.69 Å². The quantitative estimate of drug-likeness (QED) is 0.637. The van der Waals surface area contributed by atoms with Crippen molar-refractivity contribution in [1.82, 2.24) is 9.78 Å². The van der Waals surface area contributed by atoms with Crippen LogP contribution in [0.3, 0.4) is 0 Å². The van der Waals surface area contributed by atoms with Crippen LogP contribution >= 0.6 is 0 Å². The number of nitrogens with two attached hydrogens (primary N) is 1. The van der Waals surface area contributed by atoms with Crippen molar-refractivity contribution in [1.29, 1.82) is 0 Å². The van der Waals surface area contributed by atoms with Crippen molar-refractivity contribution < 1.29 is 9.66 Å². The molecule has 0 saturated carbocycles. The minimum Gasteiger partial charge on any atom is -0.471 e. The maximum Gasteiger partial charge on any atom is 0.353 e. The first-order chi connectivity index (χ1) is 8.13. The zero-order chi connectivity index (χ0) is 14.1. The van der Waals surface area contributed by atoms with E-state index in [1.165, 1.54) is 4.68 Å². The van der Waals surface area contributed by atoms with Crippen LogP contribution in [0.1, 0.15) is 39.3 Å². The monoisotopic (exact) mass is 256 g/mol. The lowest BCUT2D eigenvalue weighted by atomic mass is 10.1. The summed E-state index contributed by atoms with van der Waals surface area (Å²) in [6.45, 7) is 7.47. The smallest absolute Gasteiger partial charge is 0.353 e. The van der Waals surface area contributed by atoms with Crippen molar-refractivity contribution in [2.24, 2.45) is 12.8 Å². The van der Waals surface area contributed by atoms with Crippen LogP contribution in [0.15, 0.2) is 0 Å². The predicted molar refractivity (Wildman–Crippen MR) is 67.7 cm³/mol. The summed E-state index contributed by atoms with van der Waals surface area (Å²) in [5.74, 6) is 0.113. The van der Waals surface area contributed by atoms with Crippen molar-refractivity contribution in [2.45, 2.75) is 39.2 Å². The molecule has 0 aliphatic heterocycles. The Morgan fingerprint density at radius 3 is 2.50 bits per heavy atom. The van der Waals surface area contributed by atoms with Gasteiger partial charge in [-0.15, -0.1) is 0 Å². The second-order valence-electron chi connectivity index (χ2n) is 5.35. The Hall–Kier alpha value is -1.63. The minimum absolute atomic E-state index is 0.0418. The van der Waals surface area contributed by atoms with E-state index < -0.39 is 10.5 Å². The van der Waals surface area contributed by atoms with Gasteiger partial charge in [0.25, 0.3) is 5.88 Å². The second-order valence-corrected chi connectivity index (χ2v) is 5.35. The van der Waals surface area contributed by atoms with Crippen LogP contribution < -0.4 is 10.5 Å². The zero-order valence-corrected chi connectivity index (χ0v) is 11.4. The van der Waals surface area contributed by atoms with Gasteiger partial charge in [-0.2, -0.15) is 5.10 Å². The molecule has 0 unspecified atom stereocenters. The van der Waals surface area contributed by atoms with Gasteiger partial charge in [0.2, 0.25) is 0 Å². The Kier molecular flexibility index (Phi) is 3.95. The molecule has 18 heavy (non-hydrogen) atoms. The van der Waals surface area contributed by atoms with Gasteiger partial charge in [-0.25, -0.2) is 4.68 Å². The number of aryl methyl sites for hydroxylation is 1. The van der Waals surface area contributed by atoms with Crippen LogP contribution in [-0.2, 0) is 7.05 Å². The van der Waals surface area contributed by atoms with E-state index in [0.717, 1.165) is 0 Å². The minimum atomic E-state index is -0.559. The lowest BCUT2D eigenvalue weighted by Gasteiger charge is -2.18. The molecule has 1 aromatic heterocycles. The molecule has 0 bridgehead atoms. The van der Waals surface area contributed by atoms with Crippen molar-refractivity contribution in [2.75, 3.05) is 6.61 Å². The fraction of sp³-hybridized carbons (Fsp3) is 0.727. The van der Waals surface area contributed by atoms with Crippen molar-refractivity contribution in [3.63, 3.8) is 0 Å². The molecule has 7 heteroatoms. The van der Waals surface area contributed by atoms with Gasteiger partial charge in [-0.05, 0) is 13.8 Å². The van der Waals surface area contributed by atoms with Gasteiger partial charge in [-0.1, -0.05) is 13.8 Å². The van der Waals surface area contributed by atoms with Gasteiger partial charge in [0.05, 0.1) is 4.92 Å².